The standard InChI is InChI=1S/C18H15ClN2O3/c1-2-16-20-21-17(24-16)11-23-15-9-5-13(6-10-15)18(22)12-3-7-14(19)8-4-12/h3-10H,2,11H2,1H3. The van der Waals surface area contributed by atoms with Gasteiger partial charge in [-0.3, -0.25) is 4.79 Å². The van der Waals surface area contributed by atoms with Crippen molar-refractivity contribution in [2.75, 3.05) is 0 Å². The number of ether oxygens (including phenoxy) is 1. The molecule has 24 heavy (non-hydrogen) atoms. The molecule has 0 amide bonds. The largest absolute Gasteiger partial charge is 0.484 e. The van der Waals surface area contributed by atoms with E-state index in [0.29, 0.717) is 40.1 Å². The second-order valence-corrected chi connectivity index (χ2v) is 5.53. The molecule has 0 atom stereocenters. The third kappa shape index (κ3) is 3.81. The molecule has 0 aliphatic rings. The Balaban J connectivity index is 1.64. The number of carbonyl (C=O) groups is 1. The highest BCUT2D eigenvalue weighted by Crippen LogP contribution is 2.18. The third-order valence-electron chi connectivity index (χ3n) is 3.40. The second-order valence-electron chi connectivity index (χ2n) is 5.09. The quantitative estimate of drug-likeness (QED) is 0.631. The van der Waals surface area contributed by atoms with Gasteiger partial charge in [0.15, 0.2) is 12.4 Å². The number of aryl methyl sites for hydroxylation is 1. The van der Waals surface area contributed by atoms with Crippen molar-refractivity contribution in [1.29, 1.82) is 0 Å². The lowest BCUT2D eigenvalue weighted by molar-refractivity contribution is 0.103. The maximum Gasteiger partial charge on any atom is 0.253 e. The van der Waals surface area contributed by atoms with Gasteiger partial charge in [0.05, 0.1) is 0 Å². The fraction of sp³-hybridized carbons (Fsp3) is 0.167. The van der Waals surface area contributed by atoms with Gasteiger partial charge in [-0.25, -0.2) is 0 Å². The van der Waals surface area contributed by atoms with Crippen LogP contribution in [0.2, 0.25) is 5.02 Å². The molecular weight excluding hydrogens is 328 g/mol. The van der Waals surface area contributed by atoms with Gasteiger partial charge in [0, 0.05) is 22.6 Å². The molecule has 0 saturated heterocycles. The van der Waals surface area contributed by atoms with Crippen LogP contribution in [0.15, 0.2) is 52.9 Å². The number of carbonyl (C=O) groups excluding carboxylic acids is 1. The van der Waals surface area contributed by atoms with Crippen LogP contribution in [0.5, 0.6) is 5.75 Å². The molecule has 3 rings (SSSR count). The zero-order valence-electron chi connectivity index (χ0n) is 13.0. The molecule has 0 saturated carbocycles. The van der Waals surface area contributed by atoms with Gasteiger partial charge >= 0.3 is 0 Å². The molecule has 0 bridgehead atoms. The van der Waals surface area contributed by atoms with Crippen LogP contribution >= 0.6 is 11.6 Å². The van der Waals surface area contributed by atoms with Gasteiger partial charge < -0.3 is 9.15 Å². The minimum Gasteiger partial charge on any atom is -0.484 e. The monoisotopic (exact) mass is 342 g/mol. The highest BCUT2D eigenvalue weighted by atomic mass is 35.5. The lowest BCUT2D eigenvalue weighted by Crippen LogP contribution is -2.01. The number of halogens is 1. The van der Waals surface area contributed by atoms with E-state index in [9.17, 15) is 4.79 Å². The van der Waals surface area contributed by atoms with Crippen LogP contribution in [0, 0.1) is 0 Å². The molecule has 1 aromatic heterocycles. The van der Waals surface area contributed by atoms with E-state index >= 15 is 0 Å². The second kappa shape index (κ2) is 7.27. The lowest BCUT2D eigenvalue weighted by atomic mass is 10.0. The molecule has 3 aromatic rings. The average Bonchev–Trinajstić information content (AvgIpc) is 3.09. The zero-order valence-corrected chi connectivity index (χ0v) is 13.8. The van der Waals surface area contributed by atoms with Crippen molar-refractivity contribution in [3.63, 3.8) is 0 Å². The summed E-state index contributed by atoms with van der Waals surface area (Å²) in [5, 5.41) is 8.36. The molecule has 0 aliphatic carbocycles. The predicted octanol–water partition coefficient (Wildman–Crippen LogP) is 4.10. The summed E-state index contributed by atoms with van der Waals surface area (Å²) in [7, 11) is 0. The predicted molar refractivity (Wildman–Crippen MR) is 89.3 cm³/mol. The number of rotatable bonds is 6. The summed E-state index contributed by atoms with van der Waals surface area (Å²) in [6.45, 7) is 2.13. The Morgan fingerprint density at radius 3 is 2.17 bits per heavy atom. The summed E-state index contributed by atoms with van der Waals surface area (Å²) in [6.07, 6.45) is 0.689. The first-order valence-corrected chi connectivity index (χ1v) is 7.88. The van der Waals surface area contributed by atoms with Gasteiger partial charge in [0.1, 0.15) is 5.75 Å². The van der Waals surface area contributed by atoms with E-state index in [0.717, 1.165) is 0 Å². The summed E-state index contributed by atoms with van der Waals surface area (Å²) >= 11 is 5.83. The van der Waals surface area contributed by atoms with Gasteiger partial charge in [-0.05, 0) is 48.5 Å². The van der Waals surface area contributed by atoms with Gasteiger partial charge in [-0.2, -0.15) is 0 Å². The number of nitrogens with zero attached hydrogens (tertiary/aromatic N) is 2. The number of aromatic nitrogens is 2. The van der Waals surface area contributed by atoms with Crippen LogP contribution in [0.1, 0.15) is 34.6 Å². The van der Waals surface area contributed by atoms with Crippen molar-refractivity contribution in [2.24, 2.45) is 0 Å². The van der Waals surface area contributed by atoms with Crippen LogP contribution in [0.4, 0.5) is 0 Å². The van der Waals surface area contributed by atoms with Gasteiger partial charge in [-0.1, -0.05) is 18.5 Å². The molecule has 2 aromatic carbocycles. The molecule has 0 unspecified atom stereocenters. The van der Waals surface area contributed by atoms with Gasteiger partial charge in [-0.15, -0.1) is 10.2 Å². The Hall–Kier alpha value is -2.66. The highest BCUT2D eigenvalue weighted by molar-refractivity contribution is 6.30. The Bertz CT molecular complexity index is 826. The Labute approximate surface area is 144 Å². The highest BCUT2D eigenvalue weighted by Gasteiger charge is 2.10. The Morgan fingerprint density at radius 1 is 1.00 bits per heavy atom. The van der Waals surface area contributed by atoms with Crippen molar-refractivity contribution in [1.82, 2.24) is 10.2 Å². The van der Waals surface area contributed by atoms with Crippen molar-refractivity contribution < 1.29 is 13.9 Å². The molecule has 1 heterocycles. The lowest BCUT2D eigenvalue weighted by Gasteiger charge is -2.05. The SMILES string of the molecule is CCc1nnc(COc2ccc(C(=O)c3ccc(Cl)cc3)cc2)o1. The number of hydrogen-bond acceptors (Lipinski definition) is 5. The summed E-state index contributed by atoms with van der Waals surface area (Å²) < 4.78 is 11.0. The van der Waals surface area contributed by atoms with Gasteiger partial charge in [0.25, 0.3) is 5.89 Å². The van der Waals surface area contributed by atoms with Crippen LogP contribution in [0.25, 0.3) is 0 Å². The van der Waals surface area contributed by atoms with E-state index in [4.69, 9.17) is 20.8 Å². The van der Waals surface area contributed by atoms with Crippen LogP contribution in [-0.4, -0.2) is 16.0 Å². The maximum absolute atomic E-state index is 12.4. The van der Waals surface area contributed by atoms with Crippen molar-refractivity contribution in [2.45, 2.75) is 20.0 Å². The zero-order chi connectivity index (χ0) is 16.9. The Kier molecular flexibility index (Phi) is 4.91. The van der Waals surface area contributed by atoms with E-state index < -0.39 is 0 Å². The first-order chi connectivity index (χ1) is 11.7. The molecular formula is C18H15ClN2O3. The topological polar surface area (TPSA) is 65.2 Å². The van der Waals surface area contributed by atoms with E-state index in [2.05, 4.69) is 10.2 Å². The number of hydrogen-bond donors (Lipinski definition) is 0. The number of ketones is 1. The fourth-order valence-electron chi connectivity index (χ4n) is 2.11. The summed E-state index contributed by atoms with van der Waals surface area (Å²) in [5.74, 6) is 1.56. The van der Waals surface area contributed by atoms with E-state index in [1.54, 1.807) is 48.5 Å². The maximum atomic E-state index is 12.4. The third-order valence-corrected chi connectivity index (χ3v) is 3.65. The molecule has 0 aliphatic heterocycles. The summed E-state index contributed by atoms with van der Waals surface area (Å²) in [4.78, 5) is 12.4. The first-order valence-electron chi connectivity index (χ1n) is 7.50. The summed E-state index contributed by atoms with van der Waals surface area (Å²) in [5.41, 5.74) is 1.17. The Morgan fingerprint density at radius 2 is 1.58 bits per heavy atom. The van der Waals surface area contributed by atoms with E-state index in [1.807, 2.05) is 6.92 Å². The minimum absolute atomic E-state index is 0.0669. The van der Waals surface area contributed by atoms with Crippen LogP contribution in [0.3, 0.4) is 0 Å². The van der Waals surface area contributed by atoms with E-state index in [1.165, 1.54) is 0 Å². The van der Waals surface area contributed by atoms with Crippen molar-refractivity contribution in [3.05, 3.63) is 76.5 Å². The molecule has 6 heteroatoms. The molecule has 0 fully saturated rings. The van der Waals surface area contributed by atoms with Crippen molar-refractivity contribution >= 4 is 17.4 Å². The van der Waals surface area contributed by atoms with Gasteiger partial charge in [0.2, 0.25) is 5.89 Å². The molecule has 0 spiro atoms. The van der Waals surface area contributed by atoms with Crippen LogP contribution < -0.4 is 4.74 Å². The minimum atomic E-state index is -0.0669. The normalized spacial score (nSPS) is 10.6. The molecule has 5 nitrogen and oxygen atoms in total. The van der Waals surface area contributed by atoms with E-state index in [-0.39, 0.29) is 12.4 Å². The molecule has 0 radical (unpaired) electrons. The summed E-state index contributed by atoms with van der Waals surface area (Å²) in [6, 6.07) is 13.7. The number of benzene rings is 2. The van der Waals surface area contributed by atoms with Crippen molar-refractivity contribution in [3.8, 4) is 5.75 Å². The molecule has 0 N–H and O–H groups in total. The average molecular weight is 343 g/mol. The first kappa shape index (κ1) is 16.2. The molecule has 122 valence electrons. The van der Waals surface area contributed by atoms with Crippen LogP contribution in [-0.2, 0) is 13.0 Å². The fourth-order valence-corrected chi connectivity index (χ4v) is 2.23. The smallest absolute Gasteiger partial charge is 0.253 e.